The summed E-state index contributed by atoms with van der Waals surface area (Å²) in [6.07, 6.45) is 3.97. The van der Waals surface area contributed by atoms with E-state index in [1.807, 2.05) is 7.11 Å². The van der Waals surface area contributed by atoms with Crippen LogP contribution in [0.3, 0.4) is 0 Å². The van der Waals surface area contributed by atoms with Crippen molar-refractivity contribution in [3.8, 4) is 0 Å². The van der Waals surface area contributed by atoms with Crippen molar-refractivity contribution in [1.82, 2.24) is 9.80 Å². The second-order valence-corrected chi connectivity index (χ2v) is 7.21. The van der Waals surface area contributed by atoms with Crippen LogP contribution in [0.1, 0.15) is 30.7 Å². The van der Waals surface area contributed by atoms with Gasteiger partial charge in [0.15, 0.2) is 0 Å². The number of rotatable bonds is 5. The zero-order valence-electron chi connectivity index (χ0n) is 13.7. The van der Waals surface area contributed by atoms with E-state index in [0.717, 1.165) is 31.0 Å². The minimum Gasteiger partial charge on any atom is -0.385 e. The smallest absolute Gasteiger partial charge is 0.0474 e. The molecule has 3 atom stereocenters. The molecule has 5 rings (SSSR count). The van der Waals surface area contributed by atoms with Crippen LogP contribution in [0, 0.1) is 5.92 Å². The highest BCUT2D eigenvalue weighted by Crippen LogP contribution is 2.46. The van der Waals surface area contributed by atoms with Gasteiger partial charge in [-0.2, -0.15) is 0 Å². The molecule has 0 unspecified atom stereocenters. The Balaban J connectivity index is 1.58. The van der Waals surface area contributed by atoms with Crippen molar-refractivity contribution in [2.24, 2.45) is 5.92 Å². The topological polar surface area (TPSA) is 15.7 Å². The van der Waals surface area contributed by atoms with Gasteiger partial charge in [-0.05, 0) is 43.8 Å². The monoisotopic (exact) mass is 300 g/mol. The van der Waals surface area contributed by atoms with Crippen molar-refractivity contribution >= 4 is 0 Å². The molecule has 4 aliphatic heterocycles. The summed E-state index contributed by atoms with van der Waals surface area (Å²) in [7, 11) is 1.81. The van der Waals surface area contributed by atoms with Gasteiger partial charge in [-0.15, -0.1) is 0 Å². The molecule has 3 heteroatoms. The van der Waals surface area contributed by atoms with E-state index in [1.165, 1.54) is 39.0 Å². The lowest BCUT2D eigenvalue weighted by Gasteiger charge is -2.51. The van der Waals surface area contributed by atoms with Gasteiger partial charge >= 0.3 is 0 Å². The van der Waals surface area contributed by atoms with E-state index in [4.69, 9.17) is 4.74 Å². The predicted molar refractivity (Wildman–Crippen MR) is 89.1 cm³/mol. The molecule has 0 amide bonds. The van der Waals surface area contributed by atoms with Gasteiger partial charge in [0.05, 0.1) is 0 Å². The summed E-state index contributed by atoms with van der Waals surface area (Å²) in [5, 5.41) is 0. The van der Waals surface area contributed by atoms with E-state index in [0.29, 0.717) is 5.92 Å². The third-order valence-electron chi connectivity index (χ3n) is 6.12. The molecular weight excluding hydrogens is 272 g/mol. The molecule has 0 aromatic heterocycles. The first-order chi connectivity index (χ1) is 10.9. The Morgan fingerprint density at radius 3 is 2.59 bits per heavy atom. The van der Waals surface area contributed by atoms with Crippen molar-refractivity contribution in [2.75, 3.05) is 39.9 Å². The Labute approximate surface area is 134 Å². The number of ether oxygens (including phenoxy) is 1. The van der Waals surface area contributed by atoms with Gasteiger partial charge in [0, 0.05) is 44.8 Å². The summed E-state index contributed by atoms with van der Waals surface area (Å²) in [4.78, 5) is 5.58. The maximum Gasteiger partial charge on any atom is 0.0474 e. The highest BCUT2D eigenvalue weighted by molar-refractivity contribution is 5.27. The van der Waals surface area contributed by atoms with E-state index >= 15 is 0 Å². The van der Waals surface area contributed by atoms with E-state index in [1.54, 1.807) is 5.56 Å². The van der Waals surface area contributed by atoms with E-state index in [2.05, 4.69) is 40.1 Å². The van der Waals surface area contributed by atoms with E-state index < -0.39 is 0 Å². The van der Waals surface area contributed by atoms with Crippen LogP contribution in [-0.4, -0.2) is 61.8 Å². The average Bonchev–Trinajstić information content (AvgIpc) is 2.99. The summed E-state index contributed by atoms with van der Waals surface area (Å²) in [5.74, 6) is 1.61. The van der Waals surface area contributed by atoms with Gasteiger partial charge in [0.25, 0.3) is 0 Å². The van der Waals surface area contributed by atoms with E-state index in [-0.39, 0.29) is 0 Å². The Bertz CT molecular complexity index is 483. The maximum absolute atomic E-state index is 5.27. The first-order valence-electron chi connectivity index (χ1n) is 8.90. The molecule has 1 aromatic carbocycles. The van der Waals surface area contributed by atoms with Crippen LogP contribution < -0.4 is 0 Å². The van der Waals surface area contributed by atoms with Gasteiger partial charge in [-0.25, -0.2) is 0 Å². The van der Waals surface area contributed by atoms with Crippen LogP contribution in [0.4, 0.5) is 0 Å². The van der Waals surface area contributed by atoms with Crippen molar-refractivity contribution in [3.05, 3.63) is 35.9 Å². The lowest BCUT2D eigenvalue weighted by Crippen LogP contribution is -2.60. The fourth-order valence-electron chi connectivity index (χ4n) is 5.20. The minimum atomic E-state index is 0.692. The lowest BCUT2D eigenvalue weighted by atomic mass is 9.75. The Hall–Kier alpha value is -0.900. The summed E-state index contributed by atoms with van der Waals surface area (Å²) in [6.45, 7) is 5.96. The zero-order valence-corrected chi connectivity index (χ0v) is 13.7. The van der Waals surface area contributed by atoms with Crippen molar-refractivity contribution in [1.29, 1.82) is 0 Å². The summed E-state index contributed by atoms with van der Waals surface area (Å²) in [6, 6.07) is 12.7. The second-order valence-electron chi connectivity index (χ2n) is 7.21. The number of methoxy groups -OCH3 is 1. The Morgan fingerprint density at radius 2 is 1.86 bits per heavy atom. The van der Waals surface area contributed by atoms with Gasteiger partial charge < -0.3 is 4.74 Å². The van der Waals surface area contributed by atoms with Crippen molar-refractivity contribution in [2.45, 2.75) is 37.3 Å². The molecule has 1 aromatic rings. The van der Waals surface area contributed by atoms with Crippen molar-refractivity contribution in [3.63, 3.8) is 0 Å². The highest BCUT2D eigenvalue weighted by atomic mass is 16.5. The minimum absolute atomic E-state index is 0.692. The molecule has 4 aliphatic rings. The molecular formula is C19H28N2O. The molecule has 0 saturated carbocycles. The zero-order chi connectivity index (χ0) is 14.9. The Morgan fingerprint density at radius 1 is 1.09 bits per heavy atom. The number of piperidine rings is 3. The fourth-order valence-corrected chi connectivity index (χ4v) is 5.20. The summed E-state index contributed by atoms with van der Waals surface area (Å²) >= 11 is 0. The standard InChI is InChI=1S/C19H28N2O/c1-22-13-5-10-21-14-17(15-6-3-2-4-7-15)19-18(21)16-8-11-20(19)12-9-16/h2-4,6-7,16-19H,5,8-14H2,1H3/t17-,18+,19+/m1/s1. The lowest BCUT2D eigenvalue weighted by molar-refractivity contribution is -0.00803. The van der Waals surface area contributed by atoms with Gasteiger partial charge in [-0.1, -0.05) is 30.3 Å². The summed E-state index contributed by atoms with van der Waals surface area (Å²) in [5.41, 5.74) is 1.54. The fraction of sp³-hybridized carbons (Fsp3) is 0.684. The maximum atomic E-state index is 5.27. The quantitative estimate of drug-likeness (QED) is 0.777. The number of likely N-dealkylation sites (tertiary alicyclic amines) is 1. The number of nitrogens with zero attached hydrogens (tertiary/aromatic N) is 2. The van der Waals surface area contributed by atoms with Gasteiger partial charge in [0.1, 0.15) is 0 Å². The molecule has 4 saturated heterocycles. The first-order valence-corrected chi connectivity index (χ1v) is 8.90. The van der Waals surface area contributed by atoms with Crippen LogP contribution in [0.2, 0.25) is 0 Å². The number of hydrogen-bond acceptors (Lipinski definition) is 3. The summed E-state index contributed by atoms with van der Waals surface area (Å²) < 4.78 is 5.27. The number of hydrogen-bond donors (Lipinski definition) is 0. The largest absolute Gasteiger partial charge is 0.385 e. The van der Waals surface area contributed by atoms with Crippen LogP contribution in [-0.2, 0) is 4.74 Å². The predicted octanol–water partition coefficient (Wildman–Crippen LogP) is 2.59. The molecule has 2 bridgehead atoms. The molecule has 0 N–H and O–H groups in total. The van der Waals surface area contributed by atoms with E-state index in [9.17, 15) is 0 Å². The molecule has 120 valence electrons. The normalized spacial score (nSPS) is 37.4. The van der Waals surface area contributed by atoms with Gasteiger partial charge in [-0.3, -0.25) is 9.80 Å². The van der Waals surface area contributed by atoms with Crippen LogP contribution in [0.15, 0.2) is 30.3 Å². The highest BCUT2D eigenvalue weighted by Gasteiger charge is 2.52. The average molecular weight is 300 g/mol. The molecule has 0 radical (unpaired) electrons. The number of benzene rings is 1. The van der Waals surface area contributed by atoms with Crippen molar-refractivity contribution < 1.29 is 4.74 Å². The molecule has 4 fully saturated rings. The SMILES string of the molecule is COCCCN1C[C@H](c2ccccc2)[C@H]2[C@@H]1C1CCN2CC1. The van der Waals surface area contributed by atoms with Crippen LogP contribution >= 0.6 is 0 Å². The van der Waals surface area contributed by atoms with Crippen LogP contribution in [0.25, 0.3) is 0 Å². The van der Waals surface area contributed by atoms with Gasteiger partial charge in [0.2, 0.25) is 0 Å². The molecule has 22 heavy (non-hydrogen) atoms. The molecule has 0 aliphatic carbocycles. The molecule has 0 spiro atoms. The molecule has 3 nitrogen and oxygen atoms in total. The number of fused-ring (bicyclic) bond motifs is 2. The first kappa shape index (κ1) is 14.7. The Kier molecular flexibility index (Phi) is 4.21. The third-order valence-corrected chi connectivity index (χ3v) is 6.12. The molecule has 4 heterocycles. The second kappa shape index (κ2) is 6.31. The van der Waals surface area contributed by atoms with Crippen LogP contribution in [0.5, 0.6) is 0 Å². The third kappa shape index (κ3) is 2.49.